The Balaban J connectivity index is 1.88. The molecule has 2 N–H and O–H groups in total. The van der Waals surface area contributed by atoms with E-state index in [0.29, 0.717) is 17.6 Å². The van der Waals surface area contributed by atoms with Gasteiger partial charge in [-0.15, -0.1) is 0 Å². The minimum atomic E-state index is -2.23. The topological polar surface area (TPSA) is 150 Å². The summed E-state index contributed by atoms with van der Waals surface area (Å²) in [4.78, 5) is 37.3. The normalized spacial score (nSPS) is 20.5. The van der Waals surface area contributed by atoms with Crippen LogP contribution in [-0.4, -0.2) is 77.9 Å². The molecule has 0 aromatic carbocycles. The van der Waals surface area contributed by atoms with Gasteiger partial charge in [0.25, 0.3) is 6.10 Å². The number of halogens is 1. The van der Waals surface area contributed by atoms with Crippen molar-refractivity contribution in [3.8, 4) is 0 Å². The van der Waals surface area contributed by atoms with Crippen molar-refractivity contribution in [2.45, 2.75) is 83.7 Å². The first kappa shape index (κ1) is 29.2. The zero-order chi connectivity index (χ0) is 27.5. The molecule has 2 aromatic heterocycles. The first-order valence-electron chi connectivity index (χ1n) is 12.2. The SMILES string of the molecule is CCOC(=O)C(OC[C@@H]1CC(O[Si](C)(C)C(C)(C)C)[C@H](n2cnc3c(N)nc(Cl)nc32)O1)C(=O)OCC. The van der Waals surface area contributed by atoms with Crippen LogP contribution in [0.4, 0.5) is 5.82 Å². The number of nitrogen functional groups attached to an aromatic ring is 1. The number of fused-ring (bicyclic) bond motifs is 1. The fourth-order valence-corrected chi connectivity index (χ4v) is 5.19. The summed E-state index contributed by atoms with van der Waals surface area (Å²) in [6.45, 7) is 14.2. The fourth-order valence-electron chi connectivity index (χ4n) is 3.70. The largest absolute Gasteiger partial charge is 0.464 e. The van der Waals surface area contributed by atoms with Crippen LogP contribution >= 0.6 is 11.6 Å². The number of nitrogens with two attached hydrogens (primary N) is 1. The van der Waals surface area contributed by atoms with Crippen molar-refractivity contribution in [3.05, 3.63) is 11.6 Å². The third kappa shape index (κ3) is 6.58. The third-order valence-electron chi connectivity index (χ3n) is 6.54. The monoisotopic (exact) mass is 557 g/mol. The number of hydrogen-bond acceptors (Lipinski definition) is 11. The zero-order valence-corrected chi connectivity index (χ0v) is 24.1. The number of esters is 2. The van der Waals surface area contributed by atoms with E-state index in [0.717, 1.165) is 0 Å². The van der Waals surface area contributed by atoms with Crippen molar-refractivity contribution in [2.24, 2.45) is 0 Å². The first-order chi connectivity index (χ1) is 17.3. The van der Waals surface area contributed by atoms with Gasteiger partial charge in [-0.2, -0.15) is 9.97 Å². The fraction of sp³-hybridized carbons (Fsp3) is 0.696. The summed E-state index contributed by atoms with van der Waals surface area (Å²) in [6.07, 6.45) is -1.07. The number of aromatic nitrogens is 4. The average Bonchev–Trinajstić information content (AvgIpc) is 3.37. The molecule has 0 saturated carbocycles. The number of hydrogen-bond donors (Lipinski definition) is 1. The van der Waals surface area contributed by atoms with E-state index in [-0.39, 0.29) is 36.0 Å². The van der Waals surface area contributed by atoms with E-state index >= 15 is 0 Å². The highest BCUT2D eigenvalue weighted by molar-refractivity contribution is 6.74. The highest BCUT2D eigenvalue weighted by atomic mass is 35.5. The van der Waals surface area contributed by atoms with Crippen molar-refractivity contribution >= 4 is 48.8 Å². The summed E-state index contributed by atoms with van der Waals surface area (Å²) in [5.41, 5.74) is 6.79. The average molecular weight is 558 g/mol. The maximum Gasteiger partial charge on any atom is 0.347 e. The number of ether oxygens (including phenoxy) is 4. The number of imidazole rings is 1. The van der Waals surface area contributed by atoms with E-state index in [1.54, 1.807) is 24.7 Å². The van der Waals surface area contributed by atoms with Crippen LogP contribution in [0, 0.1) is 0 Å². The lowest BCUT2D eigenvalue weighted by Crippen LogP contribution is -2.45. The lowest BCUT2D eigenvalue weighted by molar-refractivity contribution is -0.175. The number of carbonyl (C=O) groups excluding carboxylic acids is 2. The lowest BCUT2D eigenvalue weighted by atomic mass is 10.2. The van der Waals surface area contributed by atoms with Gasteiger partial charge in [-0.3, -0.25) is 4.57 Å². The van der Waals surface area contributed by atoms with Crippen molar-refractivity contribution < 1.29 is 33.0 Å². The van der Waals surface area contributed by atoms with Gasteiger partial charge in [-0.25, -0.2) is 14.6 Å². The molecule has 206 valence electrons. The van der Waals surface area contributed by atoms with Gasteiger partial charge in [-0.1, -0.05) is 20.8 Å². The summed E-state index contributed by atoms with van der Waals surface area (Å²) in [5.74, 6) is -1.47. The molecule has 1 saturated heterocycles. The standard InChI is InChI=1S/C23H36ClN5O7Si/c1-8-32-20(30)16(21(31)33-9-2)34-11-13-10-14(36-37(6,7)23(3,4)5)19(35-13)29-12-26-15-17(25)27-22(24)28-18(15)29/h12-14,16,19H,8-11H2,1-7H3,(H2,25,27,28)/t13-,14?,19+/m0/s1. The van der Waals surface area contributed by atoms with Gasteiger partial charge in [0.15, 0.2) is 26.0 Å². The Bertz CT molecular complexity index is 1100. The summed E-state index contributed by atoms with van der Waals surface area (Å²) < 4.78 is 30.4. The highest BCUT2D eigenvalue weighted by Crippen LogP contribution is 2.42. The first-order valence-corrected chi connectivity index (χ1v) is 15.5. The van der Waals surface area contributed by atoms with Gasteiger partial charge in [0.1, 0.15) is 5.52 Å². The lowest BCUT2D eigenvalue weighted by Gasteiger charge is -2.39. The molecule has 3 rings (SSSR count). The second-order valence-electron chi connectivity index (χ2n) is 10.2. The van der Waals surface area contributed by atoms with E-state index in [2.05, 4.69) is 48.8 Å². The van der Waals surface area contributed by atoms with Crippen LogP contribution in [0.3, 0.4) is 0 Å². The predicted molar refractivity (Wildman–Crippen MR) is 138 cm³/mol. The van der Waals surface area contributed by atoms with Gasteiger partial charge in [0.05, 0.1) is 38.4 Å². The molecule has 14 heteroatoms. The summed E-state index contributed by atoms with van der Waals surface area (Å²) in [7, 11) is -2.23. The van der Waals surface area contributed by atoms with Crippen LogP contribution in [0.15, 0.2) is 6.33 Å². The summed E-state index contributed by atoms with van der Waals surface area (Å²) in [5, 5.41) is -0.0731. The Morgan fingerprint density at radius 2 is 1.84 bits per heavy atom. The van der Waals surface area contributed by atoms with Crippen LogP contribution in [0.2, 0.25) is 23.4 Å². The Labute approximate surface area is 222 Å². The van der Waals surface area contributed by atoms with Crippen molar-refractivity contribution in [2.75, 3.05) is 25.6 Å². The Hall–Kier alpha value is -2.32. The molecule has 12 nitrogen and oxygen atoms in total. The molecule has 0 spiro atoms. The van der Waals surface area contributed by atoms with Crippen LogP contribution in [0.1, 0.15) is 47.3 Å². The molecule has 3 atom stereocenters. The molecule has 0 bridgehead atoms. The van der Waals surface area contributed by atoms with Crippen molar-refractivity contribution in [1.29, 1.82) is 0 Å². The second kappa shape index (κ2) is 11.6. The molecule has 0 amide bonds. The Morgan fingerprint density at radius 3 is 2.41 bits per heavy atom. The number of carbonyl (C=O) groups is 2. The molecule has 1 unspecified atom stereocenters. The maximum atomic E-state index is 12.3. The maximum absolute atomic E-state index is 12.3. The summed E-state index contributed by atoms with van der Waals surface area (Å²) in [6, 6.07) is 0. The van der Waals surface area contributed by atoms with Crippen LogP contribution in [0.25, 0.3) is 11.2 Å². The van der Waals surface area contributed by atoms with E-state index in [4.69, 9.17) is 40.7 Å². The Kier molecular flexibility index (Phi) is 9.17. The van der Waals surface area contributed by atoms with Crippen LogP contribution < -0.4 is 5.73 Å². The molecule has 1 fully saturated rings. The summed E-state index contributed by atoms with van der Waals surface area (Å²) >= 11 is 6.07. The van der Waals surface area contributed by atoms with Gasteiger partial charge in [0.2, 0.25) is 5.28 Å². The zero-order valence-electron chi connectivity index (χ0n) is 22.3. The van der Waals surface area contributed by atoms with Gasteiger partial charge in [-0.05, 0) is 43.6 Å². The molecular formula is C23H36ClN5O7Si. The van der Waals surface area contributed by atoms with Gasteiger partial charge >= 0.3 is 11.9 Å². The number of anilines is 1. The van der Waals surface area contributed by atoms with Crippen LogP contribution in [-0.2, 0) is 33.0 Å². The number of rotatable bonds is 10. The molecular weight excluding hydrogens is 522 g/mol. The van der Waals surface area contributed by atoms with Gasteiger partial charge in [0, 0.05) is 6.42 Å². The van der Waals surface area contributed by atoms with Crippen molar-refractivity contribution in [1.82, 2.24) is 19.5 Å². The molecule has 2 aromatic rings. The quantitative estimate of drug-likeness (QED) is 0.198. The minimum Gasteiger partial charge on any atom is -0.464 e. The van der Waals surface area contributed by atoms with Crippen LogP contribution in [0.5, 0.6) is 0 Å². The molecule has 0 radical (unpaired) electrons. The minimum absolute atomic E-state index is 0.0155. The van der Waals surface area contributed by atoms with E-state index < -0.39 is 44.8 Å². The smallest absolute Gasteiger partial charge is 0.347 e. The predicted octanol–water partition coefficient (Wildman–Crippen LogP) is 3.25. The molecule has 0 aliphatic carbocycles. The third-order valence-corrected chi connectivity index (χ3v) is 11.2. The Morgan fingerprint density at radius 1 is 1.22 bits per heavy atom. The number of nitrogens with zero attached hydrogens (tertiary/aromatic N) is 4. The molecule has 1 aliphatic rings. The van der Waals surface area contributed by atoms with Crippen molar-refractivity contribution in [3.63, 3.8) is 0 Å². The molecule has 1 aliphatic heterocycles. The molecule has 3 heterocycles. The highest BCUT2D eigenvalue weighted by Gasteiger charge is 2.46. The van der Waals surface area contributed by atoms with E-state index in [9.17, 15) is 9.59 Å². The molecule has 37 heavy (non-hydrogen) atoms. The van der Waals surface area contributed by atoms with Gasteiger partial charge < -0.3 is 29.1 Å². The second-order valence-corrected chi connectivity index (χ2v) is 15.3. The van der Waals surface area contributed by atoms with E-state index in [1.807, 2.05) is 0 Å². The van der Waals surface area contributed by atoms with E-state index in [1.165, 1.54) is 0 Å².